The molecule has 116 valence electrons. The minimum Gasteiger partial charge on any atom is -0.496 e. The number of hydrogen-bond donors (Lipinski definition) is 2. The van der Waals surface area contributed by atoms with E-state index in [1.807, 2.05) is 7.05 Å². The summed E-state index contributed by atoms with van der Waals surface area (Å²) in [6.45, 7) is 3.11. The molecule has 2 rings (SSSR count). The Morgan fingerprint density at radius 3 is 2.71 bits per heavy atom. The lowest BCUT2D eigenvalue weighted by atomic mass is 9.79. The van der Waals surface area contributed by atoms with Gasteiger partial charge in [-0.1, -0.05) is 12.1 Å². The second-order valence-electron chi connectivity index (χ2n) is 5.70. The smallest absolute Gasteiger partial charge is 0.488 e. The molecule has 5 nitrogen and oxygen atoms in total. The minimum absolute atomic E-state index is 0.476. The van der Waals surface area contributed by atoms with Crippen molar-refractivity contribution in [2.75, 3.05) is 33.9 Å². The van der Waals surface area contributed by atoms with E-state index in [0.29, 0.717) is 12.0 Å². The monoisotopic (exact) mass is 293 g/mol. The van der Waals surface area contributed by atoms with Crippen molar-refractivity contribution in [2.24, 2.45) is 5.92 Å². The summed E-state index contributed by atoms with van der Waals surface area (Å²) < 4.78 is 11.0. The summed E-state index contributed by atoms with van der Waals surface area (Å²) in [6.07, 6.45) is 2.62. The van der Waals surface area contributed by atoms with Crippen LogP contribution in [-0.2, 0) is 11.3 Å². The standard InChI is InChI=1S/C15H24BNO4/c1-17(7-8-21-11-12-3-4-12)10-13-9-14(16(18)19)5-6-15(13)20-2/h5-6,9,12,18-19H,3-4,7-8,10-11H2,1-2H3. The van der Waals surface area contributed by atoms with E-state index in [1.165, 1.54) is 12.8 Å². The van der Waals surface area contributed by atoms with Crippen molar-refractivity contribution in [3.8, 4) is 5.75 Å². The van der Waals surface area contributed by atoms with Crippen LogP contribution in [0.1, 0.15) is 18.4 Å². The number of likely N-dealkylation sites (N-methyl/N-ethyl adjacent to an activating group) is 1. The fourth-order valence-electron chi connectivity index (χ4n) is 2.21. The van der Waals surface area contributed by atoms with Gasteiger partial charge in [0.05, 0.1) is 13.7 Å². The molecule has 1 aromatic rings. The van der Waals surface area contributed by atoms with E-state index in [4.69, 9.17) is 9.47 Å². The Kier molecular flexibility index (Phi) is 6.05. The lowest BCUT2D eigenvalue weighted by molar-refractivity contribution is 0.102. The molecule has 1 aliphatic carbocycles. The molecule has 1 aromatic carbocycles. The first-order valence-corrected chi connectivity index (χ1v) is 7.39. The van der Waals surface area contributed by atoms with Gasteiger partial charge in [-0.2, -0.15) is 0 Å². The summed E-state index contributed by atoms with van der Waals surface area (Å²) >= 11 is 0. The normalized spacial score (nSPS) is 14.5. The number of benzene rings is 1. The molecule has 6 heteroatoms. The van der Waals surface area contributed by atoms with Gasteiger partial charge in [0.2, 0.25) is 0 Å². The van der Waals surface area contributed by atoms with Crippen LogP contribution in [0.25, 0.3) is 0 Å². The molecule has 0 aromatic heterocycles. The molecule has 0 radical (unpaired) electrons. The Labute approximate surface area is 126 Å². The highest BCUT2D eigenvalue weighted by atomic mass is 16.5. The van der Waals surface area contributed by atoms with Crippen LogP contribution in [0.4, 0.5) is 0 Å². The van der Waals surface area contributed by atoms with Crippen LogP contribution in [0.15, 0.2) is 18.2 Å². The Morgan fingerprint density at radius 1 is 1.33 bits per heavy atom. The average molecular weight is 293 g/mol. The summed E-state index contributed by atoms with van der Waals surface area (Å²) in [5.74, 6) is 1.54. The first-order valence-electron chi connectivity index (χ1n) is 7.39. The van der Waals surface area contributed by atoms with E-state index in [-0.39, 0.29) is 0 Å². The van der Waals surface area contributed by atoms with Gasteiger partial charge < -0.3 is 19.5 Å². The maximum absolute atomic E-state index is 9.26. The minimum atomic E-state index is -1.46. The Balaban J connectivity index is 1.85. The largest absolute Gasteiger partial charge is 0.496 e. The SMILES string of the molecule is COc1ccc(B(O)O)cc1CN(C)CCOCC1CC1. The summed E-state index contributed by atoms with van der Waals surface area (Å²) in [7, 11) is 2.18. The second-order valence-corrected chi connectivity index (χ2v) is 5.70. The van der Waals surface area contributed by atoms with Gasteiger partial charge in [-0.25, -0.2) is 0 Å². The molecule has 0 aliphatic heterocycles. The molecule has 0 saturated heterocycles. The topological polar surface area (TPSA) is 62.2 Å². The molecular weight excluding hydrogens is 269 g/mol. The molecule has 1 fully saturated rings. The fourth-order valence-corrected chi connectivity index (χ4v) is 2.21. The maximum atomic E-state index is 9.26. The predicted octanol–water partition coefficient (Wildman–Crippen LogP) is 0.233. The average Bonchev–Trinajstić information content (AvgIpc) is 3.27. The lowest BCUT2D eigenvalue weighted by Gasteiger charge is -2.19. The van der Waals surface area contributed by atoms with Gasteiger partial charge in [-0.15, -0.1) is 0 Å². The van der Waals surface area contributed by atoms with Gasteiger partial charge in [0.15, 0.2) is 0 Å². The zero-order valence-electron chi connectivity index (χ0n) is 12.8. The number of methoxy groups -OCH3 is 1. The second kappa shape index (κ2) is 7.80. The summed E-state index contributed by atoms with van der Waals surface area (Å²) in [4.78, 5) is 2.14. The van der Waals surface area contributed by atoms with Crippen molar-refractivity contribution < 1.29 is 19.5 Å². The van der Waals surface area contributed by atoms with Crippen molar-refractivity contribution in [1.29, 1.82) is 0 Å². The van der Waals surface area contributed by atoms with E-state index in [9.17, 15) is 10.0 Å². The molecule has 1 saturated carbocycles. The highest BCUT2D eigenvalue weighted by molar-refractivity contribution is 6.58. The van der Waals surface area contributed by atoms with Crippen LogP contribution >= 0.6 is 0 Å². The number of nitrogens with zero attached hydrogens (tertiary/aromatic N) is 1. The summed E-state index contributed by atoms with van der Waals surface area (Å²) in [5.41, 5.74) is 1.41. The third kappa shape index (κ3) is 5.32. The molecular formula is C15H24BNO4. The van der Waals surface area contributed by atoms with Crippen molar-refractivity contribution in [3.63, 3.8) is 0 Å². The lowest BCUT2D eigenvalue weighted by Crippen LogP contribution is -2.31. The van der Waals surface area contributed by atoms with E-state index in [1.54, 1.807) is 25.3 Å². The van der Waals surface area contributed by atoms with E-state index < -0.39 is 7.12 Å². The zero-order valence-corrected chi connectivity index (χ0v) is 12.8. The van der Waals surface area contributed by atoms with Gasteiger partial charge in [0.1, 0.15) is 5.75 Å². The van der Waals surface area contributed by atoms with E-state index in [2.05, 4.69) is 4.90 Å². The van der Waals surface area contributed by atoms with Crippen molar-refractivity contribution >= 4 is 12.6 Å². The molecule has 2 N–H and O–H groups in total. The Bertz CT molecular complexity index is 451. The van der Waals surface area contributed by atoms with E-state index in [0.717, 1.165) is 37.0 Å². The Hall–Kier alpha value is -1.08. The van der Waals surface area contributed by atoms with Crippen molar-refractivity contribution in [3.05, 3.63) is 23.8 Å². The third-order valence-corrected chi connectivity index (χ3v) is 3.71. The summed E-state index contributed by atoms with van der Waals surface area (Å²) in [6, 6.07) is 5.19. The predicted molar refractivity (Wildman–Crippen MR) is 82.7 cm³/mol. The maximum Gasteiger partial charge on any atom is 0.488 e. The van der Waals surface area contributed by atoms with Gasteiger partial charge in [-0.3, -0.25) is 4.90 Å². The molecule has 21 heavy (non-hydrogen) atoms. The number of ether oxygens (including phenoxy) is 2. The zero-order chi connectivity index (χ0) is 15.2. The van der Waals surface area contributed by atoms with Crippen LogP contribution in [0, 0.1) is 5.92 Å². The van der Waals surface area contributed by atoms with E-state index >= 15 is 0 Å². The first kappa shape index (κ1) is 16.3. The molecule has 0 unspecified atom stereocenters. The first-order chi connectivity index (χ1) is 10.1. The van der Waals surface area contributed by atoms with Gasteiger partial charge in [-0.05, 0) is 37.3 Å². The van der Waals surface area contributed by atoms with Crippen LogP contribution in [0.5, 0.6) is 5.75 Å². The molecule has 0 amide bonds. The molecule has 1 aliphatic rings. The quantitative estimate of drug-likeness (QED) is 0.504. The fraction of sp³-hybridized carbons (Fsp3) is 0.600. The highest BCUT2D eigenvalue weighted by Gasteiger charge is 2.21. The van der Waals surface area contributed by atoms with Crippen LogP contribution in [0.2, 0.25) is 0 Å². The molecule has 0 bridgehead atoms. The number of hydrogen-bond acceptors (Lipinski definition) is 5. The van der Waals surface area contributed by atoms with Crippen LogP contribution < -0.4 is 10.2 Å². The van der Waals surface area contributed by atoms with Gasteiger partial charge in [0, 0.05) is 25.3 Å². The molecule has 0 atom stereocenters. The van der Waals surface area contributed by atoms with Gasteiger partial charge >= 0.3 is 7.12 Å². The Morgan fingerprint density at radius 2 is 2.10 bits per heavy atom. The number of rotatable bonds is 9. The van der Waals surface area contributed by atoms with Crippen LogP contribution in [-0.4, -0.2) is 56.0 Å². The van der Waals surface area contributed by atoms with Gasteiger partial charge in [0.25, 0.3) is 0 Å². The van der Waals surface area contributed by atoms with Crippen molar-refractivity contribution in [2.45, 2.75) is 19.4 Å². The van der Waals surface area contributed by atoms with Crippen molar-refractivity contribution in [1.82, 2.24) is 4.90 Å². The third-order valence-electron chi connectivity index (χ3n) is 3.71. The molecule has 0 heterocycles. The highest BCUT2D eigenvalue weighted by Crippen LogP contribution is 2.28. The van der Waals surface area contributed by atoms with Crippen LogP contribution in [0.3, 0.4) is 0 Å². The molecule has 0 spiro atoms. The summed E-state index contributed by atoms with van der Waals surface area (Å²) in [5, 5.41) is 18.5.